The smallest absolute Gasteiger partial charge is 0.123 e. The minimum absolute atomic E-state index is 0.376. The van der Waals surface area contributed by atoms with E-state index < -0.39 is 0 Å². The second kappa shape index (κ2) is 4.85. The van der Waals surface area contributed by atoms with Crippen LogP contribution in [0.1, 0.15) is 36.5 Å². The number of phenols is 1. The van der Waals surface area contributed by atoms with E-state index in [2.05, 4.69) is 45.0 Å². The third-order valence-corrected chi connectivity index (χ3v) is 3.31. The maximum Gasteiger partial charge on any atom is 0.123 e. The van der Waals surface area contributed by atoms with Gasteiger partial charge in [0.2, 0.25) is 0 Å². The molecule has 0 aliphatic carbocycles. The molecule has 1 N–H and O–H groups in total. The summed E-state index contributed by atoms with van der Waals surface area (Å²) in [5, 5.41) is 10.2. The van der Waals surface area contributed by atoms with E-state index in [4.69, 9.17) is 0 Å². The quantitative estimate of drug-likeness (QED) is 0.799. The molecule has 1 heteroatoms. The van der Waals surface area contributed by atoms with Crippen LogP contribution in [0, 0.1) is 13.8 Å². The van der Waals surface area contributed by atoms with E-state index in [1.54, 1.807) is 0 Å². The lowest BCUT2D eigenvalue weighted by molar-refractivity contribution is 0.476. The van der Waals surface area contributed by atoms with Gasteiger partial charge in [0.05, 0.1) is 0 Å². The van der Waals surface area contributed by atoms with Gasteiger partial charge in [0.15, 0.2) is 0 Å². The largest absolute Gasteiger partial charge is 0.507 e. The first-order chi connectivity index (χ1) is 8.50. The van der Waals surface area contributed by atoms with Crippen LogP contribution in [-0.2, 0) is 0 Å². The van der Waals surface area contributed by atoms with E-state index in [1.807, 2.05) is 19.1 Å². The molecule has 2 aromatic rings. The van der Waals surface area contributed by atoms with Gasteiger partial charge in [0.25, 0.3) is 0 Å². The van der Waals surface area contributed by atoms with Crippen molar-refractivity contribution < 1.29 is 5.11 Å². The van der Waals surface area contributed by atoms with Crippen LogP contribution >= 0.6 is 0 Å². The van der Waals surface area contributed by atoms with Gasteiger partial charge < -0.3 is 5.11 Å². The summed E-state index contributed by atoms with van der Waals surface area (Å²) in [5.74, 6) is 0.821. The van der Waals surface area contributed by atoms with Crippen molar-refractivity contribution in [3.63, 3.8) is 0 Å². The molecule has 0 atom stereocenters. The van der Waals surface area contributed by atoms with Crippen LogP contribution < -0.4 is 0 Å². The first-order valence-corrected chi connectivity index (χ1v) is 6.40. The van der Waals surface area contributed by atoms with Gasteiger partial charge in [-0.25, -0.2) is 0 Å². The number of aryl methyl sites for hydroxylation is 2. The predicted molar refractivity (Wildman–Crippen MR) is 77.1 cm³/mol. The van der Waals surface area contributed by atoms with E-state index >= 15 is 0 Å². The number of hydrogen-bond acceptors (Lipinski definition) is 1. The maximum atomic E-state index is 10.2. The van der Waals surface area contributed by atoms with E-state index in [9.17, 15) is 5.11 Å². The highest BCUT2D eigenvalue weighted by atomic mass is 16.3. The van der Waals surface area contributed by atoms with Gasteiger partial charge in [0.1, 0.15) is 5.75 Å². The summed E-state index contributed by atoms with van der Waals surface area (Å²) < 4.78 is 0. The Labute approximate surface area is 109 Å². The predicted octanol–water partition coefficient (Wildman–Crippen LogP) is 4.80. The normalized spacial score (nSPS) is 10.9. The Morgan fingerprint density at radius 2 is 1.67 bits per heavy atom. The van der Waals surface area contributed by atoms with E-state index in [1.165, 1.54) is 5.56 Å². The van der Waals surface area contributed by atoms with Crippen molar-refractivity contribution in [2.24, 2.45) is 0 Å². The Kier molecular flexibility index (Phi) is 3.42. The van der Waals surface area contributed by atoms with Gasteiger partial charge in [-0.1, -0.05) is 44.2 Å². The minimum atomic E-state index is 0.376. The van der Waals surface area contributed by atoms with E-state index in [-0.39, 0.29) is 0 Å². The van der Waals surface area contributed by atoms with Crippen molar-refractivity contribution in [1.82, 2.24) is 0 Å². The van der Waals surface area contributed by atoms with Gasteiger partial charge in [0, 0.05) is 5.56 Å². The summed E-state index contributed by atoms with van der Waals surface area (Å²) in [6, 6.07) is 12.3. The molecule has 0 aliphatic rings. The lowest BCUT2D eigenvalue weighted by Crippen LogP contribution is -1.94. The fraction of sp³-hybridized carbons (Fsp3) is 0.294. The molecule has 0 fully saturated rings. The van der Waals surface area contributed by atoms with Gasteiger partial charge in [-0.05, 0) is 48.1 Å². The Balaban J connectivity index is 2.70. The fourth-order valence-corrected chi connectivity index (χ4v) is 2.52. The SMILES string of the molecule is Cc1cc(C)c(-c2ccccc2C(C)C)c(O)c1. The summed E-state index contributed by atoms with van der Waals surface area (Å²) in [7, 11) is 0. The molecule has 1 nitrogen and oxygen atoms in total. The highest BCUT2D eigenvalue weighted by molar-refractivity contribution is 5.77. The Morgan fingerprint density at radius 1 is 1.00 bits per heavy atom. The van der Waals surface area contributed by atoms with Crippen molar-refractivity contribution in [3.05, 3.63) is 53.1 Å². The van der Waals surface area contributed by atoms with Gasteiger partial charge in [-0.3, -0.25) is 0 Å². The topological polar surface area (TPSA) is 20.2 Å². The average Bonchev–Trinajstić information content (AvgIpc) is 2.28. The molecule has 94 valence electrons. The van der Waals surface area contributed by atoms with Crippen molar-refractivity contribution in [1.29, 1.82) is 0 Å². The van der Waals surface area contributed by atoms with Crippen LogP contribution in [0.4, 0.5) is 0 Å². The zero-order valence-electron chi connectivity index (χ0n) is 11.5. The highest BCUT2D eigenvalue weighted by Gasteiger charge is 2.13. The molecule has 0 amide bonds. The summed E-state index contributed by atoms with van der Waals surface area (Å²) in [5.41, 5.74) is 5.60. The lowest BCUT2D eigenvalue weighted by Gasteiger charge is -2.16. The van der Waals surface area contributed by atoms with E-state index in [0.717, 1.165) is 22.3 Å². The third-order valence-electron chi connectivity index (χ3n) is 3.31. The molecular formula is C17H20O. The molecule has 0 saturated carbocycles. The molecule has 0 bridgehead atoms. The van der Waals surface area contributed by atoms with Crippen LogP contribution in [-0.4, -0.2) is 5.11 Å². The van der Waals surface area contributed by atoms with Crippen molar-refractivity contribution >= 4 is 0 Å². The molecule has 0 aliphatic heterocycles. The zero-order chi connectivity index (χ0) is 13.3. The fourth-order valence-electron chi connectivity index (χ4n) is 2.52. The molecule has 0 aromatic heterocycles. The molecule has 0 heterocycles. The monoisotopic (exact) mass is 240 g/mol. The van der Waals surface area contributed by atoms with Crippen LogP contribution in [0.3, 0.4) is 0 Å². The van der Waals surface area contributed by atoms with Gasteiger partial charge in [-0.2, -0.15) is 0 Å². The summed E-state index contributed by atoms with van der Waals surface area (Å²) in [6.45, 7) is 8.42. The first kappa shape index (κ1) is 12.7. The van der Waals surface area contributed by atoms with Gasteiger partial charge in [-0.15, -0.1) is 0 Å². The average molecular weight is 240 g/mol. The molecule has 0 saturated heterocycles. The number of rotatable bonds is 2. The Morgan fingerprint density at radius 3 is 2.28 bits per heavy atom. The Hall–Kier alpha value is -1.76. The van der Waals surface area contributed by atoms with E-state index in [0.29, 0.717) is 11.7 Å². The first-order valence-electron chi connectivity index (χ1n) is 6.40. The second-order valence-corrected chi connectivity index (χ2v) is 5.22. The van der Waals surface area contributed by atoms with Crippen LogP contribution in [0.15, 0.2) is 36.4 Å². The standard InChI is InChI=1S/C17H20O/c1-11(2)14-7-5-6-8-15(14)17-13(4)9-12(3)10-16(17)18/h5-11,18H,1-4H3. The minimum Gasteiger partial charge on any atom is -0.507 e. The molecule has 0 radical (unpaired) electrons. The van der Waals surface area contributed by atoms with Gasteiger partial charge >= 0.3 is 0 Å². The molecule has 0 unspecified atom stereocenters. The van der Waals surface area contributed by atoms with Crippen molar-refractivity contribution in [2.45, 2.75) is 33.6 Å². The number of benzene rings is 2. The summed E-state index contributed by atoms with van der Waals surface area (Å²) >= 11 is 0. The molecule has 2 rings (SSSR count). The van der Waals surface area contributed by atoms with Crippen LogP contribution in [0.2, 0.25) is 0 Å². The zero-order valence-corrected chi connectivity index (χ0v) is 11.5. The van der Waals surface area contributed by atoms with Crippen molar-refractivity contribution in [3.8, 4) is 16.9 Å². The maximum absolute atomic E-state index is 10.2. The molecular weight excluding hydrogens is 220 g/mol. The second-order valence-electron chi connectivity index (χ2n) is 5.22. The summed E-state index contributed by atoms with van der Waals surface area (Å²) in [6.07, 6.45) is 0. The number of aromatic hydroxyl groups is 1. The van der Waals surface area contributed by atoms with Crippen molar-refractivity contribution in [2.75, 3.05) is 0 Å². The highest BCUT2D eigenvalue weighted by Crippen LogP contribution is 2.37. The summed E-state index contributed by atoms with van der Waals surface area (Å²) in [4.78, 5) is 0. The number of phenolic OH excluding ortho intramolecular Hbond substituents is 1. The molecule has 18 heavy (non-hydrogen) atoms. The lowest BCUT2D eigenvalue weighted by atomic mass is 9.89. The molecule has 0 spiro atoms. The number of hydrogen-bond donors (Lipinski definition) is 1. The molecule has 2 aromatic carbocycles. The van der Waals surface area contributed by atoms with Crippen LogP contribution in [0.5, 0.6) is 5.75 Å². The Bertz CT molecular complexity index is 545. The van der Waals surface area contributed by atoms with Crippen LogP contribution in [0.25, 0.3) is 11.1 Å². The third kappa shape index (κ3) is 2.26.